The highest BCUT2D eigenvalue weighted by molar-refractivity contribution is 5.72. The van der Waals surface area contributed by atoms with Gasteiger partial charge in [-0.05, 0) is 97.1 Å². The second-order valence-corrected chi connectivity index (χ2v) is 13.9. The van der Waals surface area contributed by atoms with Crippen molar-refractivity contribution in [2.24, 2.45) is 0 Å². The van der Waals surface area contributed by atoms with Crippen LogP contribution in [0, 0.1) is 0 Å². The minimum atomic E-state index is -0.647. The van der Waals surface area contributed by atoms with Gasteiger partial charge in [0, 0.05) is 52.4 Å². The van der Waals surface area contributed by atoms with E-state index in [9.17, 15) is 4.79 Å². The third-order valence-electron chi connectivity index (χ3n) is 11.2. The van der Waals surface area contributed by atoms with Gasteiger partial charge in [0.05, 0.1) is 22.7 Å². The molecule has 2 heterocycles. The van der Waals surface area contributed by atoms with Crippen molar-refractivity contribution in [2.75, 3.05) is 86.7 Å². The fraction of sp³-hybridized carbons (Fsp3) is 0.649. The van der Waals surface area contributed by atoms with Crippen molar-refractivity contribution in [3.05, 3.63) is 46.5 Å². The molecule has 46 heavy (non-hydrogen) atoms. The summed E-state index contributed by atoms with van der Waals surface area (Å²) in [7, 11) is 0. The van der Waals surface area contributed by atoms with Gasteiger partial charge in [-0.15, -0.1) is 0 Å². The number of hydrogen-bond donors (Lipinski definition) is 2. The number of ether oxygens (including phenoxy) is 2. The molecule has 2 aromatic rings. The van der Waals surface area contributed by atoms with Gasteiger partial charge in [0.15, 0.2) is 0 Å². The predicted octanol–water partition coefficient (Wildman–Crippen LogP) is 6.30. The van der Waals surface area contributed by atoms with E-state index in [1.165, 1.54) is 62.5 Å². The molecule has 4 aliphatic rings. The van der Waals surface area contributed by atoms with Crippen molar-refractivity contribution in [1.82, 2.24) is 9.80 Å². The van der Waals surface area contributed by atoms with Gasteiger partial charge in [-0.25, -0.2) is 4.79 Å². The smallest absolute Gasteiger partial charge is 0.429 e. The van der Waals surface area contributed by atoms with E-state index in [1.807, 2.05) is 12.1 Å². The van der Waals surface area contributed by atoms with Crippen LogP contribution in [0.3, 0.4) is 0 Å². The number of rotatable bonds is 10. The number of hydrogen-bond acceptors (Lipinski definition) is 9. The molecular weight excluding hydrogens is 576 g/mol. The SMILES string of the molecule is CCN1CCN(c2cc(C3CCCC3)c(COC(=O)OCc3cc(N)c(N4CCN(CC)CC4)cc3C3CCCC3)cc2N)CC1. The lowest BCUT2D eigenvalue weighted by Gasteiger charge is -2.36. The summed E-state index contributed by atoms with van der Waals surface area (Å²) in [6, 6.07) is 8.66. The summed E-state index contributed by atoms with van der Waals surface area (Å²) in [6.07, 6.45) is 8.97. The van der Waals surface area contributed by atoms with Crippen LogP contribution in [-0.4, -0.2) is 81.4 Å². The van der Waals surface area contributed by atoms with Crippen LogP contribution in [-0.2, 0) is 22.7 Å². The zero-order chi connectivity index (χ0) is 32.0. The van der Waals surface area contributed by atoms with Crippen molar-refractivity contribution in [3.8, 4) is 0 Å². The lowest BCUT2D eigenvalue weighted by Crippen LogP contribution is -2.46. The Hall–Kier alpha value is -3.17. The number of likely N-dealkylation sites (N-methyl/N-ethyl adjacent to an activating group) is 2. The zero-order valence-electron chi connectivity index (χ0n) is 28.3. The third-order valence-corrected chi connectivity index (χ3v) is 11.2. The molecule has 0 amide bonds. The van der Waals surface area contributed by atoms with Gasteiger partial charge in [-0.3, -0.25) is 0 Å². The molecule has 0 unspecified atom stereocenters. The van der Waals surface area contributed by atoms with E-state index in [2.05, 4.69) is 45.6 Å². The average Bonchev–Trinajstić information content (AvgIpc) is 3.82. The van der Waals surface area contributed by atoms with Crippen LogP contribution >= 0.6 is 0 Å². The van der Waals surface area contributed by atoms with E-state index < -0.39 is 6.16 Å². The Morgan fingerprint density at radius 1 is 0.630 bits per heavy atom. The van der Waals surface area contributed by atoms with Crippen LogP contribution in [0.4, 0.5) is 27.5 Å². The van der Waals surface area contributed by atoms with E-state index in [1.54, 1.807) is 0 Å². The molecule has 2 saturated carbocycles. The predicted molar refractivity (Wildman–Crippen MR) is 188 cm³/mol. The molecule has 2 saturated heterocycles. The fourth-order valence-electron chi connectivity index (χ4n) is 8.29. The Bertz CT molecular complexity index is 1220. The monoisotopic (exact) mass is 632 g/mol. The zero-order valence-corrected chi connectivity index (χ0v) is 28.3. The molecule has 6 rings (SSSR count). The lowest BCUT2D eigenvalue weighted by molar-refractivity contribution is 0.0442. The number of nitrogens with zero attached hydrogens (tertiary/aromatic N) is 4. The Balaban J connectivity index is 1.13. The number of nitrogen functional groups attached to an aromatic ring is 2. The molecule has 4 fully saturated rings. The molecule has 9 nitrogen and oxygen atoms in total. The first-order valence-electron chi connectivity index (χ1n) is 18.0. The largest absolute Gasteiger partial charge is 0.508 e. The number of carbonyl (C=O) groups is 1. The Labute approximate surface area is 276 Å². The highest BCUT2D eigenvalue weighted by Gasteiger charge is 2.27. The maximum atomic E-state index is 13.0. The first kappa shape index (κ1) is 32.8. The minimum absolute atomic E-state index is 0.166. The average molecular weight is 633 g/mol. The molecule has 0 radical (unpaired) electrons. The van der Waals surface area contributed by atoms with Gasteiger partial charge < -0.3 is 40.5 Å². The van der Waals surface area contributed by atoms with Crippen LogP contribution in [0.15, 0.2) is 24.3 Å². The molecule has 2 aliphatic carbocycles. The summed E-state index contributed by atoms with van der Waals surface area (Å²) in [5, 5.41) is 0. The summed E-state index contributed by atoms with van der Waals surface area (Å²) in [5.41, 5.74) is 21.6. The maximum Gasteiger partial charge on any atom is 0.508 e. The highest BCUT2D eigenvalue weighted by atomic mass is 16.7. The van der Waals surface area contributed by atoms with Crippen molar-refractivity contribution >= 4 is 28.9 Å². The van der Waals surface area contributed by atoms with Crippen LogP contribution in [0.25, 0.3) is 0 Å². The van der Waals surface area contributed by atoms with E-state index >= 15 is 0 Å². The summed E-state index contributed by atoms with van der Waals surface area (Å²) in [5.74, 6) is 0.956. The molecule has 9 heteroatoms. The minimum Gasteiger partial charge on any atom is -0.429 e. The van der Waals surface area contributed by atoms with Crippen molar-refractivity contribution in [1.29, 1.82) is 0 Å². The molecule has 0 atom stereocenters. The normalized spacial score (nSPS) is 20.5. The molecule has 4 N–H and O–H groups in total. The van der Waals surface area contributed by atoms with E-state index in [-0.39, 0.29) is 13.2 Å². The summed E-state index contributed by atoms with van der Waals surface area (Å²) in [4.78, 5) is 22.8. The second kappa shape index (κ2) is 15.2. The van der Waals surface area contributed by atoms with E-state index in [4.69, 9.17) is 20.9 Å². The maximum absolute atomic E-state index is 13.0. The quantitative estimate of drug-likeness (QED) is 0.231. The van der Waals surface area contributed by atoms with Gasteiger partial charge in [0.1, 0.15) is 13.2 Å². The number of nitrogens with two attached hydrogens (primary N) is 2. The number of anilines is 4. The van der Waals surface area contributed by atoms with Crippen LogP contribution in [0.2, 0.25) is 0 Å². The van der Waals surface area contributed by atoms with Gasteiger partial charge in [0.2, 0.25) is 0 Å². The highest BCUT2D eigenvalue weighted by Crippen LogP contribution is 2.41. The molecule has 2 aliphatic heterocycles. The molecule has 0 aromatic heterocycles. The molecule has 0 bridgehead atoms. The van der Waals surface area contributed by atoms with Gasteiger partial charge in [0.25, 0.3) is 0 Å². The van der Waals surface area contributed by atoms with Crippen LogP contribution < -0.4 is 21.3 Å². The first-order chi connectivity index (χ1) is 22.4. The summed E-state index contributed by atoms with van der Waals surface area (Å²) < 4.78 is 11.5. The molecule has 252 valence electrons. The Morgan fingerprint density at radius 3 is 1.35 bits per heavy atom. The second-order valence-electron chi connectivity index (χ2n) is 13.9. The number of piperazine rings is 2. The summed E-state index contributed by atoms with van der Waals surface area (Å²) >= 11 is 0. The molecule has 0 spiro atoms. The van der Waals surface area contributed by atoms with Crippen molar-refractivity contribution < 1.29 is 14.3 Å². The van der Waals surface area contributed by atoms with Gasteiger partial charge in [-0.1, -0.05) is 39.5 Å². The standard InChI is InChI=1S/C37H56N6O3/c1-3-40-13-17-42(18-14-40)35-23-31(27-9-5-6-10-27)29(21-33(35)38)25-45-37(44)46-26-30-22-34(39)36(24-32(30)28-11-7-8-12-28)43-19-15-41(4-2)16-20-43/h21-24,27-28H,3-20,25-26,38-39H2,1-2H3. The summed E-state index contributed by atoms with van der Waals surface area (Å²) in [6.45, 7) is 15.1. The first-order valence-corrected chi connectivity index (χ1v) is 18.0. The van der Waals surface area contributed by atoms with E-state index in [0.717, 1.165) is 99.3 Å². The van der Waals surface area contributed by atoms with Crippen molar-refractivity contribution in [3.63, 3.8) is 0 Å². The molecule has 2 aromatic carbocycles. The van der Waals surface area contributed by atoms with Gasteiger partial charge in [-0.2, -0.15) is 0 Å². The van der Waals surface area contributed by atoms with Gasteiger partial charge >= 0.3 is 6.16 Å². The fourth-order valence-corrected chi connectivity index (χ4v) is 8.29. The Kier molecular flexibility index (Phi) is 10.8. The number of benzene rings is 2. The topological polar surface area (TPSA) is 101 Å². The van der Waals surface area contributed by atoms with Crippen LogP contribution in [0.1, 0.15) is 99.3 Å². The Morgan fingerprint density at radius 2 is 1.00 bits per heavy atom. The number of carbonyl (C=O) groups excluding carboxylic acids is 1. The lowest BCUT2D eigenvalue weighted by atomic mass is 9.91. The van der Waals surface area contributed by atoms with Crippen molar-refractivity contribution in [2.45, 2.75) is 90.3 Å². The third kappa shape index (κ3) is 7.52. The van der Waals surface area contributed by atoms with E-state index in [0.29, 0.717) is 11.8 Å². The molecular formula is C37H56N6O3. The van der Waals surface area contributed by atoms with Crippen LogP contribution in [0.5, 0.6) is 0 Å².